The smallest absolute Gasteiger partial charge is 0.313 e. The number of cyclic esters (lactones) is 1. The number of hydrogen-bond acceptors (Lipinski definition) is 8. The fourth-order valence-corrected chi connectivity index (χ4v) is 8.24. The number of likely N-dealkylation sites (tertiary alicyclic amines) is 1. The van der Waals surface area contributed by atoms with Crippen molar-refractivity contribution in [1.82, 2.24) is 15.1 Å². The van der Waals surface area contributed by atoms with Crippen LogP contribution in [0.15, 0.2) is 53.0 Å². The van der Waals surface area contributed by atoms with Crippen molar-refractivity contribution in [1.29, 1.82) is 0 Å². The highest BCUT2D eigenvalue weighted by Crippen LogP contribution is 2.59. The average molecular weight is 731 g/mol. The van der Waals surface area contributed by atoms with Gasteiger partial charge in [0.15, 0.2) is 0 Å². The van der Waals surface area contributed by atoms with E-state index in [2.05, 4.69) is 21.2 Å². The Balaban J connectivity index is 1.60. The molecule has 0 radical (unpaired) electrons. The third-order valence-corrected chi connectivity index (χ3v) is 10.4. The minimum atomic E-state index is -1.38. The second-order valence-electron chi connectivity index (χ2n) is 14.0. The number of nitrogens with zero attached hydrogens (tertiary/aromatic N) is 2. The molecule has 0 unspecified atom stereocenters. The first kappa shape index (κ1) is 36.2. The molecule has 5 rings (SSSR count). The third kappa shape index (κ3) is 7.13. The Labute approximate surface area is 291 Å². The zero-order chi connectivity index (χ0) is 34.6. The molecule has 0 saturated carbocycles. The quantitative estimate of drug-likeness (QED) is 0.223. The van der Waals surface area contributed by atoms with Crippen molar-refractivity contribution in [2.24, 2.45) is 11.8 Å². The first-order chi connectivity index (χ1) is 22.9. The fourth-order valence-electron chi connectivity index (χ4n) is 7.50. The van der Waals surface area contributed by atoms with Crippen LogP contribution >= 0.6 is 15.9 Å². The SMILES string of the molecule is COC[C@H]1NC(=O)CC/C=C\CN(C(C)(C)C)C(=O)[C@@H]2N(CCCCCCO)C(=O)[C@H]3[C@H](C(=O)O[C@@H]1c1ccccc1)[C@H]1O[C@@]23C=C1Br. The number of unbranched alkanes of at least 4 members (excludes halogenated alkanes) is 3. The van der Waals surface area contributed by atoms with E-state index in [4.69, 9.17) is 14.2 Å². The summed E-state index contributed by atoms with van der Waals surface area (Å²) in [6, 6.07) is 7.44. The molecule has 4 aliphatic rings. The number of benzene rings is 1. The van der Waals surface area contributed by atoms with E-state index in [0.29, 0.717) is 35.9 Å². The van der Waals surface area contributed by atoms with Gasteiger partial charge in [0.25, 0.3) is 0 Å². The number of halogens is 1. The van der Waals surface area contributed by atoms with Gasteiger partial charge in [-0.1, -0.05) is 71.3 Å². The molecule has 0 aromatic heterocycles. The first-order valence-electron chi connectivity index (χ1n) is 16.9. The van der Waals surface area contributed by atoms with Crippen LogP contribution in [0.4, 0.5) is 0 Å². The van der Waals surface area contributed by atoms with Gasteiger partial charge >= 0.3 is 5.97 Å². The molecule has 2 fully saturated rings. The Morgan fingerprint density at radius 3 is 2.44 bits per heavy atom. The molecule has 4 heterocycles. The van der Waals surface area contributed by atoms with Gasteiger partial charge in [0.1, 0.15) is 29.8 Å². The number of hydrogen-bond donors (Lipinski definition) is 2. The van der Waals surface area contributed by atoms with Gasteiger partial charge in [-0.25, -0.2) is 0 Å². The summed E-state index contributed by atoms with van der Waals surface area (Å²) in [5.74, 6) is -3.49. The lowest BCUT2D eigenvalue weighted by Gasteiger charge is -2.41. The number of aliphatic hydroxyl groups is 1. The van der Waals surface area contributed by atoms with Crippen molar-refractivity contribution in [2.75, 3.05) is 33.4 Å². The monoisotopic (exact) mass is 729 g/mol. The molecule has 0 aliphatic carbocycles. The van der Waals surface area contributed by atoms with Gasteiger partial charge in [-0.05, 0) is 51.7 Å². The van der Waals surface area contributed by atoms with Gasteiger partial charge < -0.3 is 34.4 Å². The molecule has 11 nitrogen and oxygen atoms in total. The summed E-state index contributed by atoms with van der Waals surface area (Å²) in [5.41, 5.74) is -1.33. The number of nitrogens with one attached hydrogen (secondary N) is 1. The molecule has 1 spiro atoms. The Hall–Kier alpha value is -3.06. The van der Waals surface area contributed by atoms with Crippen molar-refractivity contribution < 1.29 is 38.5 Å². The standard InChI is InChI=1S/C36H48BrN3O8/c1-35(2,3)40-19-13-8-11-17-26(42)38-25(22-46-4)29(23-15-9-7-10-16-23)47-34(45)27-28-32(43)39(18-12-5-6-14-20-41)31(33(40)44)36(28)21-24(37)30(27)48-36/h7-10,13,15-16,21,25,27-31,41H,5-6,11-12,14,17-20,22H2,1-4H3,(H,38,42)/b13-8-/t25-,27+,28-,29-,30+,31+,36-/m1/s1. The lowest BCUT2D eigenvalue weighted by Crippen LogP contribution is -2.59. The molecule has 5 bridgehead atoms. The number of ether oxygens (including phenoxy) is 3. The zero-order valence-corrected chi connectivity index (χ0v) is 29.8. The van der Waals surface area contributed by atoms with Gasteiger partial charge in [-0.3, -0.25) is 19.2 Å². The number of carbonyl (C=O) groups excluding carboxylic acids is 4. The van der Waals surface area contributed by atoms with Gasteiger partial charge in [0.2, 0.25) is 17.7 Å². The van der Waals surface area contributed by atoms with Crippen LogP contribution in [0.2, 0.25) is 0 Å². The van der Waals surface area contributed by atoms with Crippen LogP contribution in [0.25, 0.3) is 0 Å². The molecule has 4 aliphatic heterocycles. The van der Waals surface area contributed by atoms with E-state index in [0.717, 1.165) is 12.8 Å². The molecule has 1 aromatic carbocycles. The van der Waals surface area contributed by atoms with Crippen LogP contribution in [-0.4, -0.2) is 101 Å². The van der Waals surface area contributed by atoms with Crippen molar-refractivity contribution in [3.05, 3.63) is 58.6 Å². The molecular formula is C36H48BrN3O8. The highest BCUT2D eigenvalue weighted by molar-refractivity contribution is 9.11. The highest BCUT2D eigenvalue weighted by atomic mass is 79.9. The molecule has 1 aromatic rings. The number of fused-ring (bicyclic) bond motifs is 2. The Kier molecular flexibility index (Phi) is 11.5. The Morgan fingerprint density at radius 2 is 1.75 bits per heavy atom. The summed E-state index contributed by atoms with van der Waals surface area (Å²) in [5, 5.41) is 12.3. The maximum absolute atomic E-state index is 14.8. The van der Waals surface area contributed by atoms with Crippen LogP contribution in [0.1, 0.15) is 71.0 Å². The fraction of sp³-hybridized carbons (Fsp3) is 0.611. The summed E-state index contributed by atoms with van der Waals surface area (Å²) < 4.78 is 19.0. The van der Waals surface area contributed by atoms with E-state index in [-0.39, 0.29) is 43.9 Å². The van der Waals surface area contributed by atoms with Crippen molar-refractivity contribution >= 4 is 39.6 Å². The van der Waals surface area contributed by atoms with E-state index >= 15 is 0 Å². The third-order valence-electron chi connectivity index (χ3n) is 9.74. The maximum Gasteiger partial charge on any atom is 0.313 e. The predicted octanol–water partition coefficient (Wildman–Crippen LogP) is 3.81. The zero-order valence-electron chi connectivity index (χ0n) is 28.2. The summed E-state index contributed by atoms with van der Waals surface area (Å²) in [7, 11) is 1.52. The molecule has 2 N–H and O–H groups in total. The van der Waals surface area contributed by atoms with E-state index in [1.807, 2.05) is 69.3 Å². The molecule has 2 saturated heterocycles. The number of rotatable bonds is 9. The second-order valence-corrected chi connectivity index (χ2v) is 14.9. The Morgan fingerprint density at radius 1 is 1.02 bits per heavy atom. The topological polar surface area (TPSA) is 135 Å². The lowest BCUT2D eigenvalue weighted by molar-refractivity contribution is -0.162. The van der Waals surface area contributed by atoms with Gasteiger partial charge in [0, 0.05) is 43.2 Å². The molecule has 12 heteroatoms. The van der Waals surface area contributed by atoms with Crippen molar-refractivity contribution in [3.8, 4) is 0 Å². The molecule has 48 heavy (non-hydrogen) atoms. The molecule has 262 valence electrons. The first-order valence-corrected chi connectivity index (χ1v) is 17.7. The van der Waals surface area contributed by atoms with Crippen molar-refractivity contribution in [2.45, 2.75) is 94.7 Å². The summed E-state index contributed by atoms with van der Waals surface area (Å²) in [6.45, 7) is 6.58. The van der Waals surface area contributed by atoms with Crippen LogP contribution in [0, 0.1) is 11.8 Å². The largest absolute Gasteiger partial charge is 0.455 e. The normalized spacial score (nSPS) is 31.8. The number of esters is 1. The summed E-state index contributed by atoms with van der Waals surface area (Å²) >= 11 is 3.62. The van der Waals surface area contributed by atoms with Gasteiger partial charge in [-0.2, -0.15) is 0 Å². The number of amides is 3. The van der Waals surface area contributed by atoms with E-state index < -0.39 is 53.2 Å². The number of carbonyl (C=O) groups is 4. The predicted molar refractivity (Wildman–Crippen MR) is 182 cm³/mol. The summed E-state index contributed by atoms with van der Waals surface area (Å²) in [4.78, 5) is 60.3. The number of allylic oxidation sites excluding steroid dienone is 1. The minimum absolute atomic E-state index is 0.0795. The van der Waals surface area contributed by atoms with Crippen LogP contribution in [0.3, 0.4) is 0 Å². The number of aliphatic hydroxyl groups excluding tert-OH is 1. The van der Waals surface area contributed by atoms with Gasteiger partial charge in [0.05, 0.1) is 18.6 Å². The van der Waals surface area contributed by atoms with E-state index in [1.165, 1.54) is 7.11 Å². The molecule has 7 atom stereocenters. The minimum Gasteiger partial charge on any atom is -0.455 e. The molecular weight excluding hydrogens is 682 g/mol. The Bertz CT molecular complexity index is 1410. The lowest BCUT2D eigenvalue weighted by atomic mass is 9.74. The summed E-state index contributed by atoms with van der Waals surface area (Å²) in [6.07, 6.45) is 7.33. The van der Waals surface area contributed by atoms with Crippen LogP contribution in [0.5, 0.6) is 0 Å². The average Bonchev–Trinajstić information content (AvgIpc) is 3.63. The van der Waals surface area contributed by atoms with E-state index in [1.54, 1.807) is 9.80 Å². The van der Waals surface area contributed by atoms with Crippen LogP contribution < -0.4 is 5.32 Å². The van der Waals surface area contributed by atoms with Crippen molar-refractivity contribution in [3.63, 3.8) is 0 Å². The number of methoxy groups -OCH3 is 1. The second kappa shape index (κ2) is 15.2. The maximum atomic E-state index is 14.8. The van der Waals surface area contributed by atoms with Crippen LogP contribution in [-0.2, 0) is 33.4 Å². The molecule has 3 amide bonds. The van der Waals surface area contributed by atoms with E-state index in [9.17, 15) is 24.3 Å². The van der Waals surface area contributed by atoms with Gasteiger partial charge in [-0.15, -0.1) is 0 Å². The highest BCUT2D eigenvalue weighted by Gasteiger charge is 2.75.